The van der Waals surface area contributed by atoms with Crippen LogP contribution in [0.25, 0.3) is 21.8 Å². The minimum Gasteiger partial charge on any atom is -0.493 e. The number of carbonyl (C=O) groups is 1. The highest BCUT2D eigenvalue weighted by molar-refractivity contribution is 6.07. The van der Waals surface area contributed by atoms with Crippen molar-refractivity contribution in [3.05, 3.63) is 82.2 Å². The predicted octanol–water partition coefficient (Wildman–Crippen LogP) is 6.30. The van der Waals surface area contributed by atoms with Crippen molar-refractivity contribution in [3.63, 3.8) is 0 Å². The summed E-state index contributed by atoms with van der Waals surface area (Å²) in [5.74, 6) is -1.75. The standard InChI is InChI=1S/C32H28F4N4O7/c1-17-28(29(41)21-13-19(47-32(34,35)36)7-8-24(21)40(17)2)30(42)39-18-6-9-25(22(33)12-18)46-31-20-14-26(44-4)27(45-11-5-10-43-3)15-23(20)37-16-38-31/h6-9,12-16H,5,10-11H2,1-4H3,(H,39,42). The maximum Gasteiger partial charge on any atom is 0.573 e. The number of rotatable bonds is 11. The first-order valence-electron chi connectivity index (χ1n) is 14.0. The molecule has 2 heterocycles. The number of hydrogen-bond acceptors (Lipinski definition) is 9. The molecular formula is C32H28F4N4O7. The molecular weight excluding hydrogens is 628 g/mol. The number of hydrogen-bond donors (Lipinski definition) is 1. The van der Waals surface area contributed by atoms with E-state index in [1.165, 1.54) is 43.1 Å². The number of aromatic nitrogens is 3. The molecule has 0 radical (unpaired) electrons. The van der Waals surface area contributed by atoms with Crippen LogP contribution in [0.1, 0.15) is 22.5 Å². The molecule has 0 saturated carbocycles. The van der Waals surface area contributed by atoms with Gasteiger partial charge in [0.1, 0.15) is 17.6 Å². The van der Waals surface area contributed by atoms with Crippen LogP contribution in [0.4, 0.5) is 23.2 Å². The van der Waals surface area contributed by atoms with Gasteiger partial charge in [0.15, 0.2) is 23.1 Å². The molecule has 246 valence electrons. The number of benzene rings is 3. The Kier molecular flexibility index (Phi) is 9.46. The van der Waals surface area contributed by atoms with Gasteiger partial charge in [-0.2, -0.15) is 0 Å². The lowest BCUT2D eigenvalue weighted by molar-refractivity contribution is -0.274. The fourth-order valence-corrected chi connectivity index (χ4v) is 4.84. The minimum absolute atomic E-state index is 0.0139. The lowest BCUT2D eigenvalue weighted by Crippen LogP contribution is -2.26. The van der Waals surface area contributed by atoms with E-state index in [0.29, 0.717) is 42.0 Å². The summed E-state index contributed by atoms with van der Waals surface area (Å²) in [6.07, 6.45) is -3.07. The van der Waals surface area contributed by atoms with Gasteiger partial charge in [0.05, 0.1) is 35.5 Å². The second-order valence-electron chi connectivity index (χ2n) is 10.2. The van der Waals surface area contributed by atoms with Crippen LogP contribution >= 0.6 is 0 Å². The lowest BCUT2D eigenvalue weighted by Gasteiger charge is -2.16. The van der Waals surface area contributed by atoms with Crippen molar-refractivity contribution in [1.82, 2.24) is 14.5 Å². The molecule has 0 unspecified atom stereocenters. The van der Waals surface area contributed by atoms with E-state index in [1.54, 1.807) is 26.3 Å². The number of nitrogens with zero attached hydrogens (tertiary/aromatic N) is 3. The number of halogens is 4. The summed E-state index contributed by atoms with van der Waals surface area (Å²) < 4.78 is 81.0. The van der Waals surface area contributed by atoms with E-state index >= 15 is 4.39 Å². The summed E-state index contributed by atoms with van der Waals surface area (Å²) in [4.78, 5) is 34.9. The van der Waals surface area contributed by atoms with Gasteiger partial charge in [0.25, 0.3) is 5.91 Å². The van der Waals surface area contributed by atoms with Gasteiger partial charge in [-0.3, -0.25) is 9.59 Å². The smallest absolute Gasteiger partial charge is 0.493 e. The summed E-state index contributed by atoms with van der Waals surface area (Å²) in [5.41, 5.74) is -0.207. The van der Waals surface area contributed by atoms with Gasteiger partial charge < -0.3 is 33.6 Å². The average Bonchev–Trinajstić information content (AvgIpc) is 3.02. The third-order valence-electron chi connectivity index (χ3n) is 7.16. The fraction of sp³-hybridized carbons (Fsp3) is 0.250. The SMILES string of the molecule is COCCCOc1cc2ncnc(Oc3ccc(NC(=O)c4c(C)n(C)c5ccc(OC(F)(F)F)cc5c4=O)cc3F)c2cc1OC. The van der Waals surface area contributed by atoms with Crippen LogP contribution in [0.5, 0.6) is 28.9 Å². The number of anilines is 1. The average molecular weight is 657 g/mol. The summed E-state index contributed by atoms with van der Waals surface area (Å²) in [5, 5.41) is 2.71. The second kappa shape index (κ2) is 13.5. The number of amides is 1. The van der Waals surface area contributed by atoms with E-state index in [-0.39, 0.29) is 39.5 Å². The Morgan fingerprint density at radius 2 is 1.74 bits per heavy atom. The number of methoxy groups -OCH3 is 2. The van der Waals surface area contributed by atoms with Crippen LogP contribution in [-0.4, -0.2) is 54.2 Å². The van der Waals surface area contributed by atoms with E-state index < -0.39 is 29.3 Å². The van der Waals surface area contributed by atoms with Gasteiger partial charge in [-0.15, -0.1) is 13.2 Å². The van der Waals surface area contributed by atoms with Crippen molar-refractivity contribution >= 4 is 33.4 Å². The van der Waals surface area contributed by atoms with E-state index in [2.05, 4.69) is 20.0 Å². The molecule has 0 saturated heterocycles. The molecule has 5 aromatic rings. The maximum atomic E-state index is 15.3. The van der Waals surface area contributed by atoms with Gasteiger partial charge in [-0.1, -0.05) is 0 Å². The summed E-state index contributed by atoms with van der Waals surface area (Å²) in [7, 11) is 4.61. The highest BCUT2D eigenvalue weighted by atomic mass is 19.4. The third-order valence-corrected chi connectivity index (χ3v) is 7.16. The molecule has 0 atom stereocenters. The Balaban J connectivity index is 1.39. The Morgan fingerprint density at radius 1 is 0.957 bits per heavy atom. The van der Waals surface area contributed by atoms with Gasteiger partial charge in [-0.05, 0) is 43.3 Å². The number of carbonyl (C=O) groups excluding carboxylic acids is 1. The number of ether oxygens (including phenoxy) is 5. The van der Waals surface area contributed by atoms with E-state index in [0.717, 1.165) is 18.2 Å². The zero-order valence-corrected chi connectivity index (χ0v) is 25.5. The Morgan fingerprint density at radius 3 is 2.45 bits per heavy atom. The molecule has 5 rings (SSSR count). The van der Waals surface area contributed by atoms with Gasteiger partial charge in [0, 0.05) is 50.7 Å². The zero-order valence-electron chi connectivity index (χ0n) is 25.5. The van der Waals surface area contributed by atoms with Crippen molar-refractivity contribution in [1.29, 1.82) is 0 Å². The Bertz CT molecular complexity index is 2030. The molecule has 0 fully saturated rings. The number of pyridine rings is 1. The molecule has 0 bridgehead atoms. The van der Waals surface area contributed by atoms with Crippen molar-refractivity contribution in [2.75, 3.05) is 32.8 Å². The Hall–Kier alpha value is -5.44. The lowest BCUT2D eigenvalue weighted by atomic mass is 10.1. The minimum atomic E-state index is -4.97. The largest absolute Gasteiger partial charge is 0.573 e. The number of nitrogens with one attached hydrogen (secondary N) is 1. The molecule has 1 N–H and O–H groups in total. The monoisotopic (exact) mass is 656 g/mol. The summed E-state index contributed by atoms with van der Waals surface area (Å²) in [6, 6.07) is 10.1. The van der Waals surface area contributed by atoms with Crippen LogP contribution in [0.3, 0.4) is 0 Å². The second-order valence-corrected chi connectivity index (χ2v) is 10.2. The van der Waals surface area contributed by atoms with Crippen LogP contribution < -0.4 is 29.7 Å². The van der Waals surface area contributed by atoms with Crippen LogP contribution in [-0.2, 0) is 11.8 Å². The highest BCUT2D eigenvalue weighted by Crippen LogP contribution is 2.37. The van der Waals surface area contributed by atoms with Crippen LogP contribution in [0, 0.1) is 12.7 Å². The van der Waals surface area contributed by atoms with Crippen LogP contribution in [0.2, 0.25) is 0 Å². The highest BCUT2D eigenvalue weighted by Gasteiger charge is 2.31. The first-order chi connectivity index (χ1) is 22.4. The van der Waals surface area contributed by atoms with E-state index in [9.17, 15) is 22.8 Å². The van der Waals surface area contributed by atoms with Gasteiger partial charge in [-0.25, -0.2) is 14.4 Å². The molecule has 0 aliphatic rings. The number of fused-ring (bicyclic) bond motifs is 2. The molecule has 1 amide bonds. The normalized spacial score (nSPS) is 11.5. The molecule has 2 aromatic heterocycles. The fourth-order valence-electron chi connectivity index (χ4n) is 4.84. The first-order valence-corrected chi connectivity index (χ1v) is 14.0. The van der Waals surface area contributed by atoms with E-state index in [4.69, 9.17) is 18.9 Å². The van der Waals surface area contributed by atoms with Crippen molar-refractivity contribution in [2.24, 2.45) is 7.05 Å². The molecule has 47 heavy (non-hydrogen) atoms. The molecule has 15 heteroatoms. The number of alkyl halides is 3. The predicted molar refractivity (Wildman–Crippen MR) is 163 cm³/mol. The molecule has 11 nitrogen and oxygen atoms in total. The maximum absolute atomic E-state index is 15.3. The zero-order chi connectivity index (χ0) is 33.9. The molecule has 0 spiro atoms. The van der Waals surface area contributed by atoms with Gasteiger partial charge >= 0.3 is 6.36 Å². The van der Waals surface area contributed by atoms with Crippen molar-refractivity contribution in [2.45, 2.75) is 19.7 Å². The molecule has 0 aliphatic carbocycles. The first kappa shape index (κ1) is 32.9. The van der Waals surface area contributed by atoms with Gasteiger partial charge in [0.2, 0.25) is 11.3 Å². The van der Waals surface area contributed by atoms with Crippen molar-refractivity contribution < 1.29 is 46.0 Å². The quantitative estimate of drug-likeness (QED) is 0.129. The number of aryl methyl sites for hydroxylation is 1. The topological polar surface area (TPSA) is 123 Å². The summed E-state index contributed by atoms with van der Waals surface area (Å²) >= 11 is 0. The van der Waals surface area contributed by atoms with Crippen molar-refractivity contribution in [3.8, 4) is 28.9 Å². The van der Waals surface area contributed by atoms with E-state index in [1.807, 2.05) is 0 Å². The van der Waals surface area contributed by atoms with Crippen LogP contribution in [0.15, 0.2) is 59.7 Å². The third kappa shape index (κ3) is 7.19. The molecule has 3 aromatic carbocycles. The summed E-state index contributed by atoms with van der Waals surface area (Å²) in [6.45, 7) is 2.41. The Labute approximate surface area is 264 Å². The molecule has 0 aliphatic heterocycles.